The highest BCUT2D eigenvalue weighted by Crippen LogP contribution is 2.41. The maximum Gasteiger partial charge on any atom is 0.0568 e. The van der Waals surface area contributed by atoms with E-state index in [0.717, 1.165) is 18.5 Å². The molecular formula is C23H31N3. The SMILES string of the molecule is C=C(C)N1c2ccc(-c3cnn(C4CC4)c3)c(CC(C)C)c2CC[C@@H]1C. The van der Waals surface area contributed by atoms with Crippen LogP contribution in [0.5, 0.6) is 0 Å². The second-order valence-corrected chi connectivity index (χ2v) is 8.62. The highest BCUT2D eigenvalue weighted by atomic mass is 15.3. The van der Waals surface area contributed by atoms with Crippen LogP contribution >= 0.6 is 0 Å². The molecule has 1 aliphatic heterocycles. The van der Waals surface area contributed by atoms with Crippen molar-refractivity contribution < 1.29 is 0 Å². The Morgan fingerprint density at radius 1 is 1.27 bits per heavy atom. The number of nitrogens with zero attached hydrogens (tertiary/aromatic N) is 3. The lowest BCUT2D eigenvalue weighted by Crippen LogP contribution is -2.36. The smallest absolute Gasteiger partial charge is 0.0568 e. The molecule has 1 saturated carbocycles. The third kappa shape index (κ3) is 3.08. The Labute approximate surface area is 157 Å². The summed E-state index contributed by atoms with van der Waals surface area (Å²) in [6.45, 7) is 13.3. The molecule has 1 atom stereocenters. The summed E-state index contributed by atoms with van der Waals surface area (Å²) in [6.07, 6.45) is 10.3. The molecule has 26 heavy (non-hydrogen) atoms. The van der Waals surface area contributed by atoms with Crippen molar-refractivity contribution in [2.24, 2.45) is 5.92 Å². The van der Waals surface area contributed by atoms with Crippen LogP contribution in [0.1, 0.15) is 64.1 Å². The number of fused-ring (bicyclic) bond motifs is 1. The summed E-state index contributed by atoms with van der Waals surface area (Å²) < 4.78 is 2.16. The number of hydrogen-bond donors (Lipinski definition) is 0. The van der Waals surface area contributed by atoms with E-state index in [9.17, 15) is 0 Å². The molecule has 1 fully saturated rings. The number of rotatable bonds is 5. The minimum absolute atomic E-state index is 0.523. The standard InChI is InChI=1S/C23H31N3/c1-15(2)12-22-20(18-13-24-25(14-18)19-7-8-19)10-11-23-21(22)9-6-17(5)26(23)16(3)4/h10-11,13-15,17,19H,3,6-9,12H2,1-2,4-5H3/t17-/m0/s1. The predicted octanol–water partition coefficient (Wildman–Crippen LogP) is 5.76. The van der Waals surface area contributed by atoms with Gasteiger partial charge in [-0.05, 0) is 74.6 Å². The van der Waals surface area contributed by atoms with E-state index in [1.807, 2.05) is 0 Å². The second kappa shape index (κ2) is 6.61. The van der Waals surface area contributed by atoms with Crippen LogP contribution in [0.2, 0.25) is 0 Å². The lowest BCUT2D eigenvalue weighted by molar-refractivity contribution is 0.587. The van der Waals surface area contributed by atoms with Crippen molar-refractivity contribution >= 4 is 5.69 Å². The van der Waals surface area contributed by atoms with Gasteiger partial charge in [-0.15, -0.1) is 0 Å². The molecule has 0 saturated heterocycles. The van der Waals surface area contributed by atoms with Gasteiger partial charge in [-0.1, -0.05) is 26.5 Å². The molecule has 3 nitrogen and oxygen atoms in total. The van der Waals surface area contributed by atoms with Crippen molar-refractivity contribution in [1.29, 1.82) is 0 Å². The predicted molar refractivity (Wildman–Crippen MR) is 110 cm³/mol. The van der Waals surface area contributed by atoms with Gasteiger partial charge in [-0.3, -0.25) is 4.68 Å². The van der Waals surface area contributed by atoms with Crippen molar-refractivity contribution in [1.82, 2.24) is 9.78 Å². The lowest BCUT2D eigenvalue weighted by Gasteiger charge is -2.39. The molecule has 0 unspecified atom stereocenters. The molecule has 4 rings (SSSR count). The number of aromatic nitrogens is 2. The topological polar surface area (TPSA) is 21.1 Å². The van der Waals surface area contributed by atoms with Gasteiger partial charge < -0.3 is 4.90 Å². The molecule has 138 valence electrons. The molecule has 3 heteroatoms. The number of anilines is 1. The van der Waals surface area contributed by atoms with Crippen LogP contribution in [-0.2, 0) is 12.8 Å². The normalized spacial score (nSPS) is 19.7. The summed E-state index contributed by atoms with van der Waals surface area (Å²) >= 11 is 0. The van der Waals surface area contributed by atoms with E-state index < -0.39 is 0 Å². The van der Waals surface area contributed by atoms with Crippen LogP contribution in [0.15, 0.2) is 36.8 Å². The van der Waals surface area contributed by atoms with E-state index in [0.29, 0.717) is 18.0 Å². The largest absolute Gasteiger partial charge is 0.343 e. The van der Waals surface area contributed by atoms with Crippen molar-refractivity contribution in [3.63, 3.8) is 0 Å². The van der Waals surface area contributed by atoms with Gasteiger partial charge in [0.1, 0.15) is 0 Å². The van der Waals surface area contributed by atoms with E-state index in [1.54, 1.807) is 0 Å². The molecule has 0 amide bonds. The quantitative estimate of drug-likeness (QED) is 0.684. The Balaban J connectivity index is 1.83. The van der Waals surface area contributed by atoms with E-state index in [2.05, 4.69) is 73.5 Å². The van der Waals surface area contributed by atoms with E-state index in [1.165, 1.54) is 47.2 Å². The second-order valence-electron chi connectivity index (χ2n) is 8.62. The van der Waals surface area contributed by atoms with Crippen LogP contribution in [0.4, 0.5) is 5.69 Å². The van der Waals surface area contributed by atoms with Crippen molar-refractivity contribution in [3.05, 3.63) is 47.9 Å². The fraction of sp³-hybridized carbons (Fsp3) is 0.522. The van der Waals surface area contributed by atoms with Gasteiger partial charge in [-0.25, -0.2) is 0 Å². The Bertz CT molecular complexity index is 826. The fourth-order valence-corrected chi connectivity index (χ4v) is 4.41. The summed E-state index contributed by atoms with van der Waals surface area (Å²) in [5, 5.41) is 4.63. The third-order valence-electron chi connectivity index (χ3n) is 5.78. The van der Waals surface area contributed by atoms with Gasteiger partial charge in [0.15, 0.2) is 0 Å². The molecule has 2 aromatic rings. The molecule has 1 aromatic heterocycles. The van der Waals surface area contributed by atoms with Crippen LogP contribution < -0.4 is 4.90 Å². The number of hydrogen-bond acceptors (Lipinski definition) is 2. The maximum absolute atomic E-state index is 4.63. The zero-order valence-corrected chi connectivity index (χ0v) is 16.6. The minimum atomic E-state index is 0.523. The van der Waals surface area contributed by atoms with Crippen LogP contribution in [-0.4, -0.2) is 15.8 Å². The summed E-state index contributed by atoms with van der Waals surface area (Å²) in [5.74, 6) is 0.636. The highest BCUT2D eigenvalue weighted by Gasteiger charge is 2.28. The van der Waals surface area contributed by atoms with E-state index in [-0.39, 0.29) is 0 Å². The van der Waals surface area contributed by atoms with Crippen molar-refractivity contribution in [2.45, 2.75) is 71.9 Å². The number of allylic oxidation sites excluding steroid dienone is 1. The van der Waals surface area contributed by atoms with Gasteiger partial charge in [0.25, 0.3) is 0 Å². The van der Waals surface area contributed by atoms with Gasteiger partial charge in [0.2, 0.25) is 0 Å². The van der Waals surface area contributed by atoms with Crippen LogP contribution in [0.25, 0.3) is 11.1 Å². The molecule has 1 aliphatic carbocycles. The Kier molecular flexibility index (Phi) is 4.42. The Morgan fingerprint density at radius 3 is 2.69 bits per heavy atom. The molecule has 0 radical (unpaired) electrons. The Hall–Kier alpha value is -2.03. The zero-order chi connectivity index (χ0) is 18.4. The van der Waals surface area contributed by atoms with Crippen molar-refractivity contribution in [2.75, 3.05) is 4.90 Å². The summed E-state index contributed by atoms with van der Waals surface area (Å²) in [4.78, 5) is 2.43. The molecule has 0 N–H and O–H groups in total. The zero-order valence-electron chi connectivity index (χ0n) is 16.6. The van der Waals surface area contributed by atoms with E-state index in [4.69, 9.17) is 0 Å². The van der Waals surface area contributed by atoms with E-state index >= 15 is 0 Å². The molecule has 2 heterocycles. The first kappa shape index (κ1) is 17.4. The third-order valence-corrected chi connectivity index (χ3v) is 5.78. The molecule has 0 spiro atoms. The monoisotopic (exact) mass is 349 g/mol. The van der Waals surface area contributed by atoms with Gasteiger partial charge >= 0.3 is 0 Å². The average molecular weight is 350 g/mol. The first-order valence-corrected chi connectivity index (χ1v) is 10.1. The van der Waals surface area contributed by atoms with Crippen molar-refractivity contribution in [3.8, 4) is 11.1 Å². The van der Waals surface area contributed by atoms with Gasteiger partial charge in [0.05, 0.1) is 12.2 Å². The molecule has 1 aromatic carbocycles. The fourth-order valence-electron chi connectivity index (χ4n) is 4.41. The minimum Gasteiger partial charge on any atom is -0.343 e. The number of benzene rings is 1. The molecule has 2 aliphatic rings. The van der Waals surface area contributed by atoms with Crippen LogP contribution in [0.3, 0.4) is 0 Å². The molecule has 0 bridgehead atoms. The first-order valence-electron chi connectivity index (χ1n) is 10.1. The van der Waals surface area contributed by atoms with Gasteiger partial charge in [-0.2, -0.15) is 5.10 Å². The Morgan fingerprint density at radius 2 is 2.04 bits per heavy atom. The summed E-state index contributed by atoms with van der Waals surface area (Å²) in [5.41, 5.74) is 8.20. The summed E-state index contributed by atoms with van der Waals surface area (Å²) in [6, 6.07) is 5.79. The lowest BCUT2D eigenvalue weighted by atomic mass is 9.84. The molecular weight excluding hydrogens is 318 g/mol. The highest BCUT2D eigenvalue weighted by molar-refractivity contribution is 5.75. The average Bonchev–Trinajstić information content (AvgIpc) is 3.32. The van der Waals surface area contributed by atoms with Gasteiger partial charge in [0, 0.05) is 29.2 Å². The first-order chi connectivity index (χ1) is 12.5. The maximum atomic E-state index is 4.63. The summed E-state index contributed by atoms with van der Waals surface area (Å²) in [7, 11) is 0. The van der Waals surface area contributed by atoms with Crippen LogP contribution in [0, 0.1) is 5.92 Å².